The fourth-order valence-corrected chi connectivity index (χ4v) is 2.10. The van der Waals surface area contributed by atoms with E-state index in [0.29, 0.717) is 12.3 Å². The quantitative estimate of drug-likeness (QED) is 0.458. The Bertz CT molecular complexity index is 523. The van der Waals surface area contributed by atoms with Gasteiger partial charge in [-0.05, 0) is 69.4 Å². The maximum Gasteiger partial charge on any atom is 0.427 e. The Kier molecular flexibility index (Phi) is 3.93. The molecule has 1 aromatic rings. The average Bonchev–Trinajstić information content (AvgIpc) is 2.56. The summed E-state index contributed by atoms with van der Waals surface area (Å²) >= 11 is 9.59. The summed E-state index contributed by atoms with van der Waals surface area (Å²) in [5, 5.41) is 0.535. The third kappa shape index (κ3) is 2.58. The SMILES string of the molecule is O=C1OC(=C(I)I)C(=O)N1c1ccc(Cl)cc1. The lowest BCUT2D eigenvalue weighted by molar-refractivity contribution is -0.114. The highest BCUT2D eigenvalue weighted by Gasteiger charge is 2.39. The first-order chi connectivity index (χ1) is 8.00. The second kappa shape index (κ2) is 5.11. The maximum absolute atomic E-state index is 11.9. The fraction of sp³-hybridized carbons (Fsp3) is 0. The van der Waals surface area contributed by atoms with Crippen LogP contribution in [0.25, 0.3) is 0 Å². The van der Waals surface area contributed by atoms with E-state index in [1.807, 2.05) is 45.2 Å². The van der Waals surface area contributed by atoms with Crippen LogP contribution in [0, 0.1) is 0 Å². The number of benzene rings is 1. The molecule has 4 nitrogen and oxygen atoms in total. The molecule has 1 fully saturated rings. The van der Waals surface area contributed by atoms with Crippen LogP contribution in [-0.4, -0.2) is 12.0 Å². The van der Waals surface area contributed by atoms with E-state index in [1.54, 1.807) is 24.3 Å². The van der Waals surface area contributed by atoms with Crippen LogP contribution >= 0.6 is 56.8 Å². The van der Waals surface area contributed by atoms with Crippen LogP contribution in [-0.2, 0) is 9.53 Å². The van der Waals surface area contributed by atoms with Gasteiger partial charge < -0.3 is 4.74 Å². The van der Waals surface area contributed by atoms with E-state index in [4.69, 9.17) is 16.3 Å². The monoisotopic (exact) mass is 475 g/mol. The predicted molar refractivity (Wildman–Crippen MR) is 80.5 cm³/mol. The number of anilines is 1. The van der Waals surface area contributed by atoms with Gasteiger partial charge in [-0.25, -0.2) is 9.69 Å². The first-order valence-electron chi connectivity index (χ1n) is 4.38. The van der Waals surface area contributed by atoms with E-state index in [9.17, 15) is 9.59 Å². The zero-order valence-electron chi connectivity index (χ0n) is 8.12. The highest BCUT2D eigenvalue weighted by Crippen LogP contribution is 2.31. The number of halogens is 3. The van der Waals surface area contributed by atoms with Crippen molar-refractivity contribution in [3.05, 3.63) is 36.6 Å². The maximum atomic E-state index is 11.9. The Labute approximate surface area is 129 Å². The Morgan fingerprint density at radius 3 is 2.24 bits per heavy atom. The molecule has 17 heavy (non-hydrogen) atoms. The summed E-state index contributed by atoms with van der Waals surface area (Å²) in [6, 6.07) is 6.39. The van der Waals surface area contributed by atoms with Crippen molar-refractivity contribution in [3.8, 4) is 0 Å². The van der Waals surface area contributed by atoms with Gasteiger partial charge in [-0.1, -0.05) is 11.6 Å². The molecule has 1 aromatic carbocycles. The molecule has 88 valence electrons. The summed E-state index contributed by atoms with van der Waals surface area (Å²) < 4.78 is 5.51. The minimum atomic E-state index is -0.696. The van der Waals surface area contributed by atoms with Gasteiger partial charge in [0.15, 0.2) is 0 Å². The molecule has 7 heteroatoms. The van der Waals surface area contributed by atoms with Gasteiger partial charge in [-0.3, -0.25) is 4.79 Å². The number of hydrogen-bond donors (Lipinski definition) is 0. The molecule has 1 saturated heterocycles. The number of amides is 2. The van der Waals surface area contributed by atoms with Crippen LogP contribution in [0.5, 0.6) is 0 Å². The molecule has 0 aliphatic carbocycles. The molecular weight excluding hydrogens is 471 g/mol. The van der Waals surface area contributed by atoms with Crippen LogP contribution in [0.1, 0.15) is 0 Å². The van der Waals surface area contributed by atoms with Crippen molar-refractivity contribution in [2.75, 3.05) is 4.90 Å². The van der Waals surface area contributed by atoms with Crippen molar-refractivity contribution < 1.29 is 14.3 Å². The minimum absolute atomic E-state index is 0.0613. The highest BCUT2D eigenvalue weighted by molar-refractivity contribution is 14.2. The molecule has 2 amide bonds. The van der Waals surface area contributed by atoms with Crippen molar-refractivity contribution in [3.63, 3.8) is 0 Å². The lowest BCUT2D eigenvalue weighted by Crippen LogP contribution is -2.28. The van der Waals surface area contributed by atoms with Gasteiger partial charge in [-0.2, -0.15) is 0 Å². The average molecular weight is 475 g/mol. The number of carbonyl (C=O) groups is 2. The molecule has 0 saturated carbocycles. The van der Waals surface area contributed by atoms with E-state index in [2.05, 4.69) is 0 Å². The first-order valence-corrected chi connectivity index (χ1v) is 6.91. The summed E-state index contributed by atoms with van der Waals surface area (Å²) in [6.45, 7) is 0. The summed E-state index contributed by atoms with van der Waals surface area (Å²) in [4.78, 5) is 24.5. The Hall–Kier alpha value is -0.350. The molecule has 2 rings (SSSR count). The van der Waals surface area contributed by atoms with E-state index in [-0.39, 0.29) is 5.76 Å². The zero-order valence-corrected chi connectivity index (χ0v) is 13.2. The Morgan fingerprint density at radius 1 is 1.18 bits per heavy atom. The number of cyclic esters (lactones) is 1. The molecule has 0 spiro atoms. The second-order valence-corrected chi connectivity index (χ2v) is 7.73. The van der Waals surface area contributed by atoms with Crippen LogP contribution in [0.2, 0.25) is 5.02 Å². The predicted octanol–water partition coefficient (Wildman–Crippen LogP) is 3.86. The van der Waals surface area contributed by atoms with E-state index in [0.717, 1.165) is 4.90 Å². The number of hydrogen-bond acceptors (Lipinski definition) is 3. The third-order valence-corrected chi connectivity index (χ3v) is 3.26. The molecule has 1 aliphatic rings. The zero-order chi connectivity index (χ0) is 12.6. The van der Waals surface area contributed by atoms with Gasteiger partial charge in [0.05, 0.1) is 7.27 Å². The van der Waals surface area contributed by atoms with Gasteiger partial charge >= 0.3 is 12.0 Å². The molecule has 0 N–H and O–H groups in total. The smallest absolute Gasteiger partial charge is 0.402 e. The largest absolute Gasteiger partial charge is 0.427 e. The Morgan fingerprint density at radius 2 is 1.76 bits per heavy atom. The normalized spacial score (nSPS) is 15.2. The van der Waals surface area contributed by atoms with Crippen molar-refractivity contribution in [2.45, 2.75) is 0 Å². The lowest BCUT2D eigenvalue weighted by atomic mass is 10.3. The summed E-state index contributed by atoms with van der Waals surface area (Å²) in [5.41, 5.74) is 0.438. The van der Waals surface area contributed by atoms with Crippen molar-refractivity contribution >= 4 is 74.5 Å². The molecule has 1 aliphatic heterocycles. The number of carbonyl (C=O) groups excluding carboxylic acids is 2. The van der Waals surface area contributed by atoms with E-state index >= 15 is 0 Å². The molecular formula is C10H4ClI2NO3. The molecule has 0 radical (unpaired) electrons. The minimum Gasteiger partial charge on any atom is -0.402 e. The summed E-state index contributed by atoms with van der Waals surface area (Å²) in [5.74, 6) is -0.401. The molecule has 0 unspecified atom stereocenters. The van der Waals surface area contributed by atoms with Crippen LogP contribution < -0.4 is 4.90 Å². The van der Waals surface area contributed by atoms with E-state index in [1.165, 1.54) is 0 Å². The van der Waals surface area contributed by atoms with Crippen molar-refractivity contribution in [1.82, 2.24) is 0 Å². The van der Waals surface area contributed by atoms with E-state index < -0.39 is 12.0 Å². The number of rotatable bonds is 1. The fourth-order valence-electron chi connectivity index (χ4n) is 1.29. The van der Waals surface area contributed by atoms with Crippen LogP contribution in [0.3, 0.4) is 0 Å². The molecule has 1 heterocycles. The van der Waals surface area contributed by atoms with Crippen molar-refractivity contribution in [2.24, 2.45) is 0 Å². The van der Waals surface area contributed by atoms with Crippen LogP contribution in [0.15, 0.2) is 31.6 Å². The molecule has 0 aromatic heterocycles. The Balaban J connectivity index is 2.41. The number of ether oxygens (including phenoxy) is 1. The topological polar surface area (TPSA) is 46.6 Å². The van der Waals surface area contributed by atoms with Crippen molar-refractivity contribution in [1.29, 1.82) is 0 Å². The highest BCUT2D eigenvalue weighted by atomic mass is 127. The van der Waals surface area contributed by atoms with Gasteiger partial charge in [0.2, 0.25) is 5.76 Å². The lowest BCUT2D eigenvalue weighted by Gasteiger charge is -2.09. The van der Waals surface area contributed by atoms with Gasteiger partial charge in [0, 0.05) is 5.02 Å². The summed E-state index contributed by atoms with van der Waals surface area (Å²) in [6.07, 6.45) is -0.696. The van der Waals surface area contributed by atoms with Crippen LogP contribution in [0.4, 0.5) is 10.5 Å². The standard InChI is InChI=1S/C10H4ClI2NO3/c11-5-1-3-6(4-2-5)14-9(15)7(8(12)13)17-10(14)16/h1-4H. The first kappa shape index (κ1) is 13.1. The molecule has 0 bridgehead atoms. The number of nitrogens with zero attached hydrogens (tertiary/aromatic N) is 1. The number of imide groups is 1. The summed E-state index contributed by atoms with van der Waals surface area (Å²) in [7, 11) is 0. The van der Waals surface area contributed by atoms with Gasteiger partial charge in [-0.15, -0.1) is 0 Å². The van der Waals surface area contributed by atoms with Gasteiger partial charge in [0.25, 0.3) is 0 Å². The molecule has 0 atom stereocenters. The third-order valence-electron chi connectivity index (χ3n) is 2.03. The second-order valence-electron chi connectivity index (χ2n) is 3.07. The van der Waals surface area contributed by atoms with Gasteiger partial charge in [0.1, 0.15) is 0 Å².